The van der Waals surface area contributed by atoms with Crippen molar-refractivity contribution < 1.29 is 4.74 Å². The van der Waals surface area contributed by atoms with Crippen LogP contribution in [0.3, 0.4) is 0 Å². The van der Waals surface area contributed by atoms with Gasteiger partial charge in [-0.2, -0.15) is 0 Å². The second-order valence-electron chi connectivity index (χ2n) is 10.2. The minimum Gasteiger partial charge on any atom is -0.456 e. The van der Waals surface area contributed by atoms with E-state index in [2.05, 4.69) is 144 Å². The Morgan fingerprint density at radius 3 is 2.08 bits per heavy atom. The highest BCUT2D eigenvalue weighted by Gasteiger charge is 2.22. The van der Waals surface area contributed by atoms with Crippen molar-refractivity contribution in [1.82, 2.24) is 0 Å². The molecule has 0 atom stereocenters. The van der Waals surface area contributed by atoms with Crippen molar-refractivity contribution in [2.75, 3.05) is 4.90 Å². The number of ether oxygens (including phenoxy) is 1. The Labute approximate surface area is 233 Å². The van der Waals surface area contributed by atoms with Crippen molar-refractivity contribution in [2.45, 2.75) is 0 Å². The summed E-state index contributed by atoms with van der Waals surface area (Å²) in [7, 11) is 0. The maximum absolute atomic E-state index is 6.35. The Morgan fingerprint density at radius 1 is 0.425 bits per heavy atom. The number of nitrogens with zero attached hydrogens (tertiary/aromatic N) is 1. The third-order valence-corrected chi connectivity index (χ3v) is 7.84. The molecule has 188 valence electrons. The summed E-state index contributed by atoms with van der Waals surface area (Å²) >= 11 is 0. The zero-order valence-electron chi connectivity index (χ0n) is 21.8. The van der Waals surface area contributed by atoms with Crippen LogP contribution in [0.5, 0.6) is 11.5 Å². The fourth-order valence-electron chi connectivity index (χ4n) is 6.05. The highest BCUT2D eigenvalue weighted by molar-refractivity contribution is 6.10. The molecule has 40 heavy (non-hydrogen) atoms. The molecule has 8 rings (SSSR count). The number of fused-ring (bicyclic) bond motifs is 3. The lowest BCUT2D eigenvalue weighted by atomic mass is 9.90. The summed E-state index contributed by atoms with van der Waals surface area (Å²) in [5, 5.41) is 4.80. The van der Waals surface area contributed by atoms with Crippen LogP contribution >= 0.6 is 0 Å². The van der Waals surface area contributed by atoms with Crippen molar-refractivity contribution in [3.63, 3.8) is 0 Å². The Morgan fingerprint density at radius 2 is 1.12 bits per heavy atom. The van der Waals surface area contributed by atoms with Gasteiger partial charge in [0.2, 0.25) is 0 Å². The molecular formula is C38H25NO. The minimum absolute atomic E-state index is 0.908. The van der Waals surface area contributed by atoms with Crippen LogP contribution in [0, 0.1) is 0 Å². The van der Waals surface area contributed by atoms with E-state index in [0.717, 1.165) is 39.5 Å². The SMILES string of the molecule is c1ccc(N(c2cccc(-c3ccc4c5c(cccc35)-c3ccccc3O4)c2)c2cccc3ccccc23)cc1. The van der Waals surface area contributed by atoms with Gasteiger partial charge in [0.25, 0.3) is 0 Å². The van der Waals surface area contributed by atoms with Gasteiger partial charge in [-0.3, -0.25) is 0 Å². The van der Waals surface area contributed by atoms with E-state index in [0.29, 0.717) is 0 Å². The molecule has 0 spiro atoms. The molecule has 1 aliphatic rings. The number of hydrogen-bond donors (Lipinski definition) is 0. The third kappa shape index (κ3) is 3.58. The summed E-state index contributed by atoms with van der Waals surface area (Å²) in [5.41, 5.74) is 8.10. The number of hydrogen-bond acceptors (Lipinski definition) is 2. The maximum atomic E-state index is 6.35. The van der Waals surface area contributed by atoms with Gasteiger partial charge in [0.15, 0.2) is 0 Å². The van der Waals surface area contributed by atoms with E-state index >= 15 is 0 Å². The average Bonchev–Trinajstić information content (AvgIpc) is 3.02. The second-order valence-corrected chi connectivity index (χ2v) is 10.2. The van der Waals surface area contributed by atoms with Crippen molar-refractivity contribution in [3.8, 4) is 33.8 Å². The third-order valence-electron chi connectivity index (χ3n) is 7.84. The summed E-state index contributed by atoms with van der Waals surface area (Å²) < 4.78 is 6.35. The van der Waals surface area contributed by atoms with Gasteiger partial charge in [-0.1, -0.05) is 109 Å². The van der Waals surface area contributed by atoms with Crippen LogP contribution in [-0.2, 0) is 0 Å². The summed E-state index contributed by atoms with van der Waals surface area (Å²) in [6.07, 6.45) is 0. The molecule has 0 unspecified atom stereocenters. The van der Waals surface area contributed by atoms with E-state index in [-0.39, 0.29) is 0 Å². The first kappa shape index (κ1) is 22.6. The standard InChI is InChI=1S/C38H25NO/c1-2-14-28(15-3-1)39(35-21-9-12-26-11-4-5-17-31(26)35)29-16-8-13-27(25-29)30-23-24-37-38-33(30)19-10-20-34(38)32-18-6-7-22-36(32)40-37/h1-25H. The van der Waals surface area contributed by atoms with Crippen LogP contribution in [0.15, 0.2) is 152 Å². The largest absolute Gasteiger partial charge is 0.456 e. The predicted molar refractivity (Wildman–Crippen MR) is 167 cm³/mol. The average molecular weight is 512 g/mol. The van der Waals surface area contributed by atoms with Crippen LogP contribution < -0.4 is 9.64 Å². The van der Waals surface area contributed by atoms with E-state index in [4.69, 9.17) is 4.74 Å². The molecule has 7 aromatic rings. The zero-order chi connectivity index (χ0) is 26.5. The van der Waals surface area contributed by atoms with Crippen molar-refractivity contribution in [1.29, 1.82) is 0 Å². The first-order valence-electron chi connectivity index (χ1n) is 13.6. The second kappa shape index (κ2) is 9.14. The van der Waals surface area contributed by atoms with Gasteiger partial charge in [0.1, 0.15) is 11.5 Å². The van der Waals surface area contributed by atoms with E-state index in [1.165, 1.54) is 32.8 Å². The Bertz CT molecular complexity index is 2040. The maximum Gasteiger partial charge on any atom is 0.135 e. The lowest BCUT2D eigenvalue weighted by molar-refractivity contribution is 0.487. The number of benzene rings is 7. The molecule has 1 heterocycles. The summed E-state index contributed by atoms with van der Waals surface area (Å²) in [5.74, 6) is 1.82. The fraction of sp³-hybridized carbons (Fsp3) is 0. The molecule has 0 fully saturated rings. The van der Waals surface area contributed by atoms with E-state index < -0.39 is 0 Å². The molecule has 0 aliphatic carbocycles. The minimum atomic E-state index is 0.908. The van der Waals surface area contributed by atoms with Gasteiger partial charge in [0.05, 0.1) is 5.69 Å². The molecule has 0 amide bonds. The van der Waals surface area contributed by atoms with Crippen molar-refractivity contribution >= 4 is 38.6 Å². The van der Waals surface area contributed by atoms with Crippen molar-refractivity contribution in [2.24, 2.45) is 0 Å². The number of rotatable bonds is 4. The molecule has 0 aromatic heterocycles. The number of para-hydroxylation sites is 2. The Hall–Kier alpha value is -5.34. The van der Waals surface area contributed by atoms with Gasteiger partial charge in [-0.05, 0) is 69.9 Å². The highest BCUT2D eigenvalue weighted by Crippen LogP contribution is 2.49. The molecule has 0 bridgehead atoms. The van der Waals surface area contributed by atoms with Gasteiger partial charge in [-0.15, -0.1) is 0 Å². The first-order chi connectivity index (χ1) is 19.8. The Kier molecular flexibility index (Phi) is 5.17. The van der Waals surface area contributed by atoms with Crippen LogP contribution in [0.1, 0.15) is 0 Å². The topological polar surface area (TPSA) is 12.5 Å². The quantitative estimate of drug-likeness (QED) is 0.233. The molecule has 2 heteroatoms. The van der Waals surface area contributed by atoms with Gasteiger partial charge < -0.3 is 9.64 Å². The summed E-state index contributed by atoms with van der Waals surface area (Å²) in [6, 6.07) is 53.7. The lowest BCUT2D eigenvalue weighted by Gasteiger charge is -2.27. The van der Waals surface area contributed by atoms with E-state index in [1.807, 2.05) is 12.1 Å². The lowest BCUT2D eigenvalue weighted by Crippen LogP contribution is -2.10. The smallest absolute Gasteiger partial charge is 0.135 e. The summed E-state index contributed by atoms with van der Waals surface area (Å²) in [4.78, 5) is 2.36. The monoisotopic (exact) mass is 511 g/mol. The normalized spacial score (nSPS) is 11.7. The molecule has 0 saturated heterocycles. The summed E-state index contributed by atoms with van der Waals surface area (Å²) in [6.45, 7) is 0. The predicted octanol–water partition coefficient (Wildman–Crippen LogP) is 10.9. The fourth-order valence-corrected chi connectivity index (χ4v) is 6.05. The van der Waals surface area contributed by atoms with Gasteiger partial charge in [-0.25, -0.2) is 0 Å². The Balaban J connectivity index is 1.33. The number of anilines is 3. The molecule has 7 aromatic carbocycles. The van der Waals surface area contributed by atoms with Crippen molar-refractivity contribution in [3.05, 3.63) is 152 Å². The van der Waals surface area contributed by atoms with Crippen LogP contribution in [0.25, 0.3) is 43.8 Å². The van der Waals surface area contributed by atoms with Crippen LogP contribution in [0.2, 0.25) is 0 Å². The molecule has 0 radical (unpaired) electrons. The molecule has 0 saturated carbocycles. The van der Waals surface area contributed by atoms with Crippen LogP contribution in [-0.4, -0.2) is 0 Å². The molecule has 0 N–H and O–H groups in total. The molecule has 2 nitrogen and oxygen atoms in total. The van der Waals surface area contributed by atoms with Crippen LogP contribution in [0.4, 0.5) is 17.1 Å². The highest BCUT2D eigenvalue weighted by atomic mass is 16.5. The van der Waals surface area contributed by atoms with E-state index in [9.17, 15) is 0 Å². The van der Waals surface area contributed by atoms with Gasteiger partial charge >= 0.3 is 0 Å². The zero-order valence-corrected chi connectivity index (χ0v) is 21.8. The molecule has 1 aliphatic heterocycles. The first-order valence-corrected chi connectivity index (χ1v) is 13.6. The van der Waals surface area contributed by atoms with E-state index in [1.54, 1.807) is 0 Å². The molecular weight excluding hydrogens is 486 g/mol. The van der Waals surface area contributed by atoms with Gasteiger partial charge in [0, 0.05) is 27.7 Å².